The maximum Gasteiger partial charge on any atom is 0.331 e. The zero-order chi connectivity index (χ0) is 19.3. The highest BCUT2D eigenvalue weighted by Gasteiger charge is 2.28. The Bertz CT molecular complexity index is 483. The van der Waals surface area contributed by atoms with Gasteiger partial charge in [-0.25, -0.2) is 4.79 Å². The molecule has 0 aliphatic carbocycles. The number of esters is 1. The molecular weight excluding hydrogens is 322 g/mol. The van der Waals surface area contributed by atoms with E-state index < -0.39 is 5.60 Å². The number of carbonyl (C=O) groups excluding carboxylic acids is 1. The molecule has 0 bridgehead atoms. The number of aliphatic imine (C=N–C) groups is 1. The van der Waals surface area contributed by atoms with Crippen LogP contribution in [0.5, 0.6) is 0 Å². The molecular formula is C23H39NO2. The summed E-state index contributed by atoms with van der Waals surface area (Å²) in [5, 5.41) is 0. The lowest BCUT2D eigenvalue weighted by Crippen LogP contribution is -2.29. The summed E-state index contributed by atoms with van der Waals surface area (Å²) in [6.45, 7) is 7.95. The largest absolute Gasteiger partial charge is 0.458 e. The Morgan fingerprint density at radius 3 is 2.35 bits per heavy atom. The first kappa shape index (κ1) is 22.7. The van der Waals surface area contributed by atoms with Crippen LogP contribution >= 0.6 is 0 Å². The van der Waals surface area contributed by atoms with Gasteiger partial charge in [0.2, 0.25) is 0 Å². The lowest BCUT2D eigenvalue weighted by Gasteiger charge is -2.20. The van der Waals surface area contributed by atoms with Crippen LogP contribution < -0.4 is 0 Å². The first-order valence-corrected chi connectivity index (χ1v) is 10.5. The Hall–Kier alpha value is -1.38. The molecule has 26 heavy (non-hydrogen) atoms. The van der Waals surface area contributed by atoms with Gasteiger partial charge in [0.05, 0.1) is 0 Å². The van der Waals surface area contributed by atoms with Gasteiger partial charge in [0.15, 0.2) is 0 Å². The summed E-state index contributed by atoms with van der Waals surface area (Å²) in [6, 6.07) is -0.272. The molecule has 0 saturated carbocycles. The van der Waals surface area contributed by atoms with E-state index in [1.54, 1.807) is 0 Å². The molecule has 1 unspecified atom stereocenters. The lowest BCUT2D eigenvalue weighted by atomic mass is 10.1. The van der Waals surface area contributed by atoms with E-state index >= 15 is 0 Å². The third-order valence-corrected chi connectivity index (χ3v) is 4.42. The standard InChI is InChI=1S/C23H39NO2/c1-5-6-7-8-9-10-11-12-13-14-15-16-17-20-18-19-21(24-20)22(25)26-23(2,3)4/h10-13,21H,5-9,14-19H2,1-4H3/b11-10+,13-12+. The maximum absolute atomic E-state index is 12.0. The van der Waals surface area contributed by atoms with Gasteiger partial charge in [-0.15, -0.1) is 0 Å². The first-order chi connectivity index (χ1) is 12.4. The Morgan fingerprint density at radius 1 is 1.08 bits per heavy atom. The van der Waals surface area contributed by atoms with Crippen molar-refractivity contribution in [2.75, 3.05) is 0 Å². The fourth-order valence-electron chi connectivity index (χ4n) is 3.01. The van der Waals surface area contributed by atoms with Crippen molar-refractivity contribution in [1.82, 2.24) is 0 Å². The molecule has 0 spiro atoms. The summed E-state index contributed by atoms with van der Waals surface area (Å²) in [7, 11) is 0. The van der Waals surface area contributed by atoms with Gasteiger partial charge in [-0.2, -0.15) is 0 Å². The number of ether oxygens (including phenoxy) is 1. The van der Waals surface area contributed by atoms with E-state index in [9.17, 15) is 4.79 Å². The highest BCUT2D eigenvalue weighted by molar-refractivity contribution is 5.91. The fourth-order valence-corrected chi connectivity index (χ4v) is 3.01. The topological polar surface area (TPSA) is 38.7 Å². The van der Waals surface area contributed by atoms with Crippen LogP contribution in [0.25, 0.3) is 0 Å². The molecule has 0 amide bonds. The summed E-state index contributed by atoms with van der Waals surface area (Å²) < 4.78 is 5.43. The number of hydrogen-bond acceptors (Lipinski definition) is 3. The molecule has 0 N–H and O–H groups in total. The number of nitrogens with zero attached hydrogens (tertiary/aromatic N) is 1. The molecule has 148 valence electrons. The zero-order valence-electron chi connectivity index (χ0n) is 17.4. The van der Waals surface area contributed by atoms with E-state index in [2.05, 4.69) is 36.2 Å². The van der Waals surface area contributed by atoms with Crippen LogP contribution in [0.1, 0.15) is 98.3 Å². The molecule has 1 aliphatic rings. The molecule has 3 nitrogen and oxygen atoms in total. The molecule has 0 aromatic heterocycles. The average molecular weight is 362 g/mol. The molecule has 0 fully saturated rings. The van der Waals surface area contributed by atoms with Crippen molar-refractivity contribution < 1.29 is 9.53 Å². The van der Waals surface area contributed by atoms with Crippen LogP contribution in [0, 0.1) is 0 Å². The van der Waals surface area contributed by atoms with Crippen molar-refractivity contribution >= 4 is 11.7 Å². The predicted molar refractivity (Wildman–Crippen MR) is 112 cm³/mol. The van der Waals surface area contributed by atoms with Gasteiger partial charge in [-0.05, 0) is 72.1 Å². The summed E-state index contributed by atoms with van der Waals surface area (Å²) in [4.78, 5) is 16.6. The highest BCUT2D eigenvalue weighted by atomic mass is 16.6. The molecule has 1 aliphatic heterocycles. The molecule has 0 aromatic rings. The second-order valence-corrected chi connectivity index (χ2v) is 8.23. The number of unbranched alkanes of at least 4 members (excludes halogenated alkanes) is 6. The van der Waals surface area contributed by atoms with Gasteiger partial charge in [-0.3, -0.25) is 4.99 Å². The van der Waals surface area contributed by atoms with Crippen LogP contribution in [0.4, 0.5) is 0 Å². The SMILES string of the molecule is CCCCCC/C=C/C=C/CCCCC1=NC(C(=O)OC(C)(C)C)CC1. The second kappa shape index (κ2) is 12.9. The summed E-state index contributed by atoms with van der Waals surface area (Å²) in [5.41, 5.74) is 0.767. The van der Waals surface area contributed by atoms with Crippen LogP contribution in [0.2, 0.25) is 0 Å². The molecule has 1 heterocycles. The maximum atomic E-state index is 12.0. The fraction of sp³-hybridized carbons (Fsp3) is 0.739. The Balaban J connectivity index is 2.09. The van der Waals surface area contributed by atoms with Gasteiger partial charge in [0.25, 0.3) is 0 Å². The van der Waals surface area contributed by atoms with Crippen molar-refractivity contribution in [2.24, 2.45) is 4.99 Å². The van der Waals surface area contributed by atoms with E-state index in [1.165, 1.54) is 44.2 Å². The average Bonchev–Trinajstić information content (AvgIpc) is 3.03. The molecule has 1 atom stereocenters. The first-order valence-electron chi connectivity index (χ1n) is 10.5. The molecule has 0 aromatic carbocycles. The Kier molecular flexibility index (Phi) is 11.2. The van der Waals surface area contributed by atoms with Crippen molar-refractivity contribution in [3.63, 3.8) is 0 Å². The Morgan fingerprint density at radius 2 is 1.73 bits per heavy atom. The van der Waals surface area contributed by atoms with Crippen LogP contribution in [-0.2, 0) is 9.53 Å². The predicted octanol–water partition coefficient (Wildman–Crippen LogP) is 6.57. The Labute approximate surface area is 161 Å². The summed E-state index contributed by atoms with van der Waals surface area (Å²) in [5.74, 6) is -0.170. The van der Waals surface area contributed by atoms with E-state index in [4.69, 9.17) is 4.74 Å². The molecule has 1 rings (SSSR count). The van der Waals surface area contributed by atoms with E-state index in [0.717, 1.165) is 32.1 Å². The van der Waals surface area contributed by atoms with Gasteiger partial charge in [0.1, 0.15) is 11.6 Å². The third-order valence-electron chi connectivity index (χ3n) is 4.42. The smallest absolute Gasteiger partial charge is 0.331 e. The van der Waals surface area contributed by atoms with E-state index in [1.807, 2.05) is 20.8 Å². The van der Waals surface area contributed by atoms with Crippen molar-refractivity contribution in [1.29, 1.82) is 0 Å². The van der Waals surface area contributed by atoms with Crippen LogP contribution in [0.3, 0.4) is 0 Å². The van der Waals surface area contributed by atoms with Gasteiger partial charge < -0.3 is 4.74 Å². The zero-order valence-corrected chi connectivity index (χ0v) is 17.4. The van der Waals surface area contributed by atoms with Crippen LogP contribution in [0.15, 0.2) is 29.3 Å². The number of allylic oxidation sites excluding steroid dienone is 4. The van der Waals surface area contributed by atoms with Crippen LogP contribution in [-0.4, -0.2) is 23.3 Å². The van der Waals surface area contributed by atoms with Crippen molar-refractivity contribution in [3.8, 4) is 0 Å². The minimum atomic E-state index is -0.425. The number of carbonyl (C=O) groups is 1. The molecule has 3 heteroatoms. The van der Waals surface area contributed by atoms with Crippen molar-refractivity contribution in [3.05, 3.63) is 24.3 Å². The lowest BCUT2D eigenvalue weighted by molar-refractivity contribution is -0.156. The number of hydrogen-bond donors (Lipinski definition) is 0. The van der Waals surface area contributed by atoms with Gasteiger partial charge in [-0.1, -0.05) is 50.5 Å². The summed E-state index contributed by atoms with van der Waals surface area (Å²) >= 11 is 0. The minimum absolute atomic E-state index is 0.170. The quantitative estimate of drug-likeness (QED) is 0.224. The van der Waals surface area contributed by atoms with E-state index in [-0.39, 0.29) is 12.0 Å². The highest BCUT2D eigenvalue weighted by Crippen LogP contribution is 2.20. The summed E-state index contributed by atoms with van der Waals surface area (Å²) in [6.07, 6.45) is 21.6. The van der Waals surface area contributed by atoms with Gasteiger partial charge >= 0.3 is 5.97 Å². The monoisotopic (exact) mass is 361 g/mol. The second-order valence-electron chi connectivity index (χ2n) is 8.23. The minimum Gasteiger partial charge on any atom is -0.458 e. The van der Waals surface area contributed by atoms with Gasteiger partial charge in [0, 0.05) is 5.71 Å². The normalized spacial score (nSPS) is 18.0. The van der Waals surface area contributed by atoms with E-state index in [0.29, 0.717) is 0 Å². The third kappa shape index (κ3) is 11.3. The molecule has 0 radical (unpaired) electrons. The molecule has 0 saturated heterocycles. The number of rotatable bonds is 12. The van der Waals surface area contributed by atoms with Crippen molar-refractivity contribution in [2.45, 2.75) is 110 Å².